The van der Waals surface area contributed by atoms with E-state index in [1.165, 1.54) is 12.8 Å². The van der Waals surface area contributed by atoms with Crippen LogP contribution in [-0.4, -0.2) is 26.0 Å². The molecule has 0 spiro atoms. The summed E-state index contributed by atoms with van der Waals surface area (Å²) in [5.41, 5.74) is 1.03. The fourth-order valence-electron chi connectivity index (χ4n) is 2.67. The van der Waals surface area contributed by atoms with Crippen molar-refractivity contribution in [3.8, 4) is 0 Å². The Hall–Kier alpha value is -1.87. The number of carbonyl (C=O) groups excluding carboxylic acids is 1. The normalized spacial score (nSPS) is 16.1. The van der Waals surface area contributed by atoms with E-state index in [1.807, 2.05) is 43.4 Å². The third-order valence-corrected chi connectivity index (χ3v) is 4.14. The van der Waals surface area contributed by atoms with Crippen LogP contribution in [0.15, 0.2) is 42.5 Å². The fourth-order valence-corrected chi connectivity index (χ4v) is 2.67. The number of hydrogen-bond donors (Lipinski definition) is 2. The van der Waals surface area contributed by atoms with E-state index in [0.29, 0.717) is 5.41 Å². The lowest BCUT2D eigenvalue weighted by molar-refractivity contribution is 0.0945. The van der Waals surface area contributed by atoms with Crippen LogP contribution in [0, 0.1) is 5.41 Å². The molecule has 1 amide bonds. The van der Waals surface area contributed by atoms with Crippen molar-refractivity contribution in [2.75, 3.05) is 20.1 Å². The maximum absolute atomic E-state index is 12.2. The highest BCUT2D eigenvalue weighted by molar-refractivity contribution is 5.98. The number of nitrogens with one attached hydrogen (secondary N) is 2. The van der Waals surface area contributed by atoms with Crippen LogP contribution in [0.5, 0.6) is 0 Å². The van der Waals surface area contributed by atoms with Gasteiger partial charge in [-0.2, -0.15) is 0 Å². The van der Waals surface area contributed by atoms with Crippen molar-refractivity contribution in [3.63, 3.8) is 0 Å². The Kier molecular flexibility index (Phi) is 3.45. The molecule has 0 aliphatic heterocycles. The van der Waals surface area contributed by atoms with E-state index >= 15 is 0 Å². The topological polar surface area (TPSA) is 41.1 Å². The molecule has 104 valence electrons. The summed E-state index contributed by atoms with van der Waals surface area (Å²) in [4.78, 5) is 12.2. The van der Waals surface area contributed by atoms with Gasteiger partial charge in [0.15, 0.2) is 0 Å². The largest absolute Gasteiger partial charge is 0.351 e. The van der Waals surface area contributed by atoms with E-state index in [0.717, 1.165) is 29.4 Å². The summed E-state index contributed by atoms with van der Waals surface area (Å²) in [5.74, 6) is 0.0260. The lowest BCUT2D eigenvalue weighted by Gasteiger charge is -2.15. The second-order valence-corrected chi connectivity index (χ2v) is 5.77. The molecule has 2 aromatic carbocycles. The van der Waals surface area contributed by atoms with E-state index in [4.69, 9.17) is 0 Å². The Balaban J connectivity index is 1.69. The van der Waals surface area contributed by atoms with Gasteiger partial charge in [-0.05, 0) is 42.8 Å². The third-order valence-electron chi connectivity index (χ3n) is 4.14. The maximum Gasteiger partial charge on any atom is 0.251 e. The summed E-state index contributed by atoms with van der Waals surface area (Å²) < 4.78 is 0. The first-order valence-corrected chi connectivity index (χ1v) is 7.14. The molecule has 2 aromatic rings. The summed E-state index contributed by atoms with van der Waals surface area (Å²) in [6.07, 6.45) is 2.40. The van der Waals surface area contributed by atoms with Gasteiger partial charge in [-0.1, -0.05) is 30.3 Å². The van der Waals surface area contributed by atoms with Crippen molar-refractivity contribution in [1.82, 2.24) is 10.6 Å². The quantitative estimate of drug-likeness (QED) is 0.875. The number of rotatable bonds is 5. The number of fused-ring (bicyclic) bond motifs is 1. The Morgan fingerprint density at radius 2 is 1.85 bits per heavy atom. The molecular formula is C17H20N2O. The Morgan fingerprint density at radius 3 is 2.55 bits per heavy atom. The first-order chi connectivity index (χ1) is 9.72. The Morgan fingerprint density at radius 1 is 1.10 bits per heavy atom. The Bertz CT molecular complexity index is 632. The van der Waals surface area contributed by atoms with Crippen LogP contribution in [0.1, 0.15) is 23.2 Å². The van der Waals surface area contributed by atoms with Crippen LogP contribution in [-0.2, 0) is 0 Å². The van der Waals surface area contributed by atoms with Gasteiger partial charge in [0, 0.05) is 24.1 Å². The van der Waals surface area contributed by atoms with Crippen molar-refractivity contribution >= 4 is 16.7 Å². The molecule has 0 unspecified atom stereocenters. The molecule has 0 bridgehead atoms. The van der Waals surface area contributed by atoms with E-state index < -0.39 is 0 Å². The molecule has 3 rings (SSSR count). The molecular weight excluding hydrogens is 248 g/mol. The molecule has 20 heavy (non-hydrogen) atoms. The van der Waals surface area contributed by atoms with Crippen LogP contribution < -0.4 is 10.6 Å². The highest BCUT2D eigenvalue weighted by Crippen LogP contribution is 2.44. The predicted molar refractivity (Wildman–Crippen MR) is 81.9 cm³/mol. The van der Waals surface area contributed by atoms with Crippen molar-refractivity contribution in [2.45, 2.75) is 12.8 Å². The summed E-state index contributed by atoms with van der Waals surface area (Å²) in [7, 11) is 1.96. The molecule has 0 heterocycles. The van der Waals surface area contributed by atoms with Crippen molar-refractivity contribution in [1.29, 1.82) is 0 Å². The minimum absolute atomic E-state index is 0.0260. The minimum Gasteiger partial charge on any atom is -0.351 e. The lowest BCUT2D eigenvalue weighted by Crippen LogP contribution is -2.34. The van der Waals surface area contributed by atoms with Crippen molar-refractivity contribution in [2.24, 2.45) is 5.41 Å². The van der Waals surface area contributed by atoms with Crippen LogP contribution in [0.3, 0.4) is 0 Å². The van der Waals surface area contributed by atoms with Crippen LogP contribution in [0.4, 0.5) is 0 Å². The van der Waals surface area contributed by atoms with E-state index in [-0.39, 0.29) is 5.91 Å². The van der Waals surface area contributed by atoms with Crippen molar-refractivity contribution < 1.29 is 4.79 Å². The average molecular weight is 268 g/mol. The third kappa shape index (κ3) is 2.68. The molecule has 3 heteroatoms. The van der Waals surface area contributed by atoms with Gasteiger partial charge in [0.1, 0.15) is 0 Å². The fraction of sp³-hybridized carbons (Fsp3) is 0.353. The zero-order valence-electron chi connectivity index (χ0n) is 11.8. The molecule has 3 nitrogen and oxygen atoms in total. The predicted octanol–water partition coefficient (Wildman–Crippen LogP) is 2.57. The first-order valence-electron chi connectivity index (χ1n) is 7.14. The van der Waals surface area contributed by atoms with E-state index in [2.05, 4.69) is 16.7 Å². The summed E-state index contributed by atoms with van der Waals surface area (Å²) in [6.45, 7) is 1.74. The maximum atomic E-state index is 12.2. The SMILES string of the molecule is CNCC1(CNC(=O)c2ccc3ccccc3c2)CC1. The number of benzene rings is 2. The minimum atomic E-state index is 0.0260. The molecule has 0 atom stereocenters. The van der Waals surface area contributed by atoms with Gasteiger partial charge in [-0.25, -0.2) is 0 Å². The second-order valence-electron chi connectivity index (χ2n) is 5.77. The number of hydrogen-bond acceptors (Lipinski definition) is 2. The zero-order valence-corrected chi connectivity index (χ0v) is 11.8. The van der Waals surface area contributed by atoms with Crippen LogP contribution >= 0.6 is 0 Å². The molecule has 0 aromatic heterocycles. The molecule has 1 saturated carbocycles. The zero-order chi connectivity index (χ0) is 14.0. The smallest absolute Gasteiger partial charge is 0.251 e. The molecule has 1 aliphatic rings. The number of amides is 1. The lowest BCUT2D eigenvalue weighted by atomic mass is 10.1. The molecule has 2 N–H and O–H groups in total. The number of carbonyl (C=O) groups is 1. The van der Waals surface area contributed by atoms with Crippen LogP contribution in [0.25, 0.3) is 10.8 Å². The molecule has 1 aliphatic carbocycles. The van der Waals surface area contributed by atoms with Gasteiger partial charge in [-0.15, -0.1) is 0 Å². The molecule has 0 saturated heterocycles. The monoisotopic (exact) mass is 268 g/mol. The van der Waals surface area contributed by atoms with Crippen LogP contribution in [0.2, 0.25) is 0 Å². The Labute approximate surface area is 119 Å². The van der Waals surface area contributed by atoms with E-state index in [9.17, 15) is 4.79 Å². The highest BCUT2D eigenvalue weighted by atomic mass is 16.1. The van der Waals surface area contributed by atoms with Gasteiger partial charge in [0.25, 0.3) is 5.91 Å². The van der Waals surface area contributed by atoms with E-state index in [1.54, 1.807) is 0 Å². The molecule has 1 fully saturated rings. The molecule has 0 radical (unpaired) electrons. The summed E-state index contributed by atoms with van der Waals surface area (Å²) >= 11 is 0. The standard InChI is InChI=1S/C17H20N2O/c1-18-11-17(8-9-17)12-19-16(20)15-7-6-13-4-2-3-5-14(13)10-15/h2-7,10,18H,8-9,11-12H2,1H3,(H,19,20). The van der Waals surface area contributed by atoms with Gasteiger partial charge in [-0.3, -0.25) is 4.79 Å². The summed E-state index contributed by atoms with van der Waals surface area (Å²) in [5, 5.41) is 8.55. The first kappa shape index (κ1) is 13.1. The summed E-state index contributed by atoms with van der Waals surface area (Å²) in [6, 6.07) is 14.0. The van der Waals surface area contributed by atoms with Crippen molar-refractivity contribution in [3.05, 3.63) is 48.0 Å². The second kappa shape index (κ2) is 5.25. The average Bonchev–Trinajstić information content (AvgIpc) is 3.25. The van der Waals surface area contributed by atoms with Gasteiger partial charge >= 0.3 is 0 Å². The van der Waals surface area contributed by atoms with Gasteiger partial charge < -0.3 is 10.6 Å². The van der Waals surface area contributed by atoms with Gasteiger partial charge in [0.2, 0.25) is 0 Å². The highest BCUT2D eigenvalue weighted by Gasteiger charge is 2.41. The van der Waals surface area contributed by atoms with Gasteiger partial charge in [0.05, 0.1) is 0 Å².